The number of nitrogens with two attached hydrogens (primary N) is 1. The molecule has 0 heterocycles. The number of rotatable bonds is 6. The second kappa shape index (κ2) is 9.61. The Morgan fingerprint density at radius 2 is 1.95 bits per heavy atom. The van der Waals surface area contributed by atoms with E-state index in [2.05, 4.69) is 10.6 Å². The lowest BCUT2D eigenvalue weighted by molar-refractivity contribution is -0.127. The average molecular weight is 352 g/mol. The van der Waals surface area contributed by atoms with E-state index in [1.165, 1.54) is 18.2 Å². The molecular weight excluding hydrogens is 332 g/mol. The molecule has 1 atom stereocenters. The lowest BCUT2D eigenvalue weighted by Crippen LogP contribution is -2.47. The Bertz CT molecular complexity index is 507. The summed E-state index contributed by atoms with van der Waals surface area (Å²) in [6, 6.07) is 3.61. The normalized spacial score (nSPS) is 11.5. The van der Waals surface area contributed by atoms with Gasteiger partial charge in [0.15, 0.2) is 0 Å². The maximum absolute atomic E-state index is 13.5. The first kappa shape index (κ1) is 20.6. The predicted octanol–water partition coefficient (Wildman–Crippen LogP) is 1.62. The van der Waals surface area contributed by atoms with Gasteiger partial charge in [-0.25, -0.2) is 4.39 Å². The van der Waals surface area contributed by atoms with E-state index in [0.29, 0.717) is 0 Å². The molecule has 4 N–H and O–H groups in total. The molecule has 0 bridgehead atoms. The Hall–Kier alpha value is -1.37. The topological polar surface area (TPSA) is 84.2 Å². The number of hydrogen-bond acceptors (Lipinski definition) is 3. The minimum atomic E-state index is -0.668. The van der Waals surface area contributed by atoms with Crippen molar-refractivity contribution >= 4 is 35.8 Å². The average Bonchev–Trinajstić information content (AvgIpc) is 2.43. The summed E-state index contributed by atoms with van der Waals surface area (Å²) >= 11 is 5.84. The third-order valence-electron chi connectivity index (χ3n) is 2.97. The SMILES string of the molecule is CC(C)[C@H](N)C(=O)NCC(=O)NCc1c(F)cccc1Cl.Cl. The van der Waals surface area contributed by atoms with Crippen molar-refractivity contribution in [2.24, 2.45) is 11.7 Å². The van der Waals surface area contributed by atoms with Crippen LogP contribution < -0.4 is 16.4 Å². The van der Waals surface area contributed by atoms with Crippen molar-refractivity contribution in [3.63, 3.8) is 0 Å². The lowest BCUT2D eigenvalue weighted by atomic mass is 10.1. The third kappa shape index (κ3) is 6.17. The molecule has 0 aliphatic heterocycles. The fraction of sp³-hybridized carbons (Fsp3) is 0.429. The highest BCUT2D eigenvalue weighted by molar-refractivity contribution is 6.31. The van der Waals surface area contributed by atoms with Crippen molar-refractivity contribution in [1.29, 1.82) is 0 Å². The molecule has 0 aromatic heterocycles. The van der Waals surface area contributed by atoms with Gasteiger partial charge in [0.25, 0.3) is 0 Å². The summed E-state index contributed by atoms with van der Waals surface area (Å²) in [7, 11) is 0. The van der Waals surface area contributed by atoms with Crippen LogP contribution in [0, 0.1) is 11.7 Å². The maximum atomic E-state index is 13.5. The fourth-order valence-electron chi connectivity index (χ4n) is 1.54. The van der Waals surface area contributed by atoms with E-state index in [9.17, 15) is 14.0 Å². The zero-order chi connectivity index (χ0) is 16.0. The predicted molar refractivity (Wildman–Crippen MR) is 86.3 cm³/mol. The molecule has 0 radical (unpaired) electrons. The summed E-state index contributed by atoms with van der Waals surface area (Å²) < 4.78 is 13.5. The van der Waals surface area contributed by atoms with Crippen molar-refractivity contribution in [1.82, 2.24) is 10.6 Å². The quantitative estimate of drug-likeness (QED) is 0.727. The van der Waals surface area contributed by atoms with Gasteiger partial charge in [-0.3, -0.25) is 9.59 Å². The van der Waals surface area contributed by atoms with Gasteiger partial charge < -0.3 is 16.4 Å². The molecule has 0 spiro atoms. The number of carbonyl (C=O) groups is 2. The highest BCUT2D eigenvalue weighted by atomic mass is 35.5. The summed E-state index contributed by atoms with van der Waals surface area (Å²) in [5.41, 5.74) is 5.85. The maximum Gasteiger partial charge on any atom is 0.239 e. The largest absolute Gasteiger partial charge is 0.350 e. The molecule has 2 amide bonds. The van der Waals surface area contributed by atoms with E-state index in [-0.39, 0.29) is 42.0 Å². The molecule has 1 aromatic carbocycles. The van der Waals surface area contributed by atoms with Crippen LogP contribution in [0.1, 0.15) is 19.4 Å². The fourth-order valence-corrected chi connectivity index (χ4v) is 1.77. The summed E-state index contributed by atoms with van der Waals surface area (Å²) in [6.45, 7) is 3.36. The molecule has 22 heavy (non-hydrogen) atoms. The molecule has 5 nitrogen and oxygen atoms in total. The number of carbonyl (C=O) groups excluding carboxylic acids is 2. The monoisotopic (exact) mass is 351 g/mol. The Labute approximate surface area is 140 Å². The number of nitrogens with one attached hydrogen (secondary N) is 2. The smallest absolute Gasteiger partial charge is 0.239 e. The van der Waals surface area contributed by atoms with Crippen molar-refractivity contribution < 1.29 is 14.0 Å². The molecule has 0 unspecified atom stereocenters. The second-order valence-electron chi connectivity index (χ2n) is 4.96. The van der Waals surface area contributed by atoms with Crippen LogP contribution >= 0.6 is 24.0 Å². The van der Waals surface area contributed by atoms with Crippen LogP contribution in [0.2, 0.25) is 5.02 Å². The standard InChI is InChI=1S/C14H19ClFN3O2.ClH/c1-8(2)13(17)14(21)19-7-12(20)18-6-9-10(15)4-3-5-11(9)16;/h3-5,8,13H,6-7,17H2,1-2H3,(H,18,20)(H,19,21);1H/t13-;/m0./s1. The molecule has 1 aromatic rings. The van der Waals surface area contributed by atoms with E-state index in [4.69, 9.17) is 17.3 Å². The molecule has 0 aliphatic carbocycles. The highest BCUT2D eigenvalue weighted by Gasteiger charge is 2.17. The molecule has 8 heteroatoms. The van der Waals surface area contributed by atoms with Crippen molar-refractivity contribution in [2.45, 2.75) is 26.4 Å². The molecule has 1 rings (SSSR count). The van der Waals surface area contributed by atoms with E-state index < -0.39 is 23.7 Å². The van der Waals surface area contributed by atoms with Gasteiger partial charge in [-0.05, 0) is 18.1 Å². The summed E-state index contributed by atoms with van der Waals surface area (Å²) in [5, 5.41) is 5.15. The minimum Gasteiger partial charge on any atom is -0.350 e. The zero-order valence-electron chi connectivity index (χ0n) is 12.4. The molecule has 0 saturated heterocycles. The van der Waals surface area contributed by atoms with Crippen molar-refractivity contribution in [3.8, 4) is 0 Å². The van der Waals surface area contributed by atoms with Crippen LogP contribution in [0.5, 0.6) is 0 Å². The summed E-state index contributed by atoms with van der Waals surface area (Å²) in [5.74, 6) is -1.36. The van der Waals surface area contributed by atoms with E-state index in [1.807, 2.05) is 13.8 Å². The molecule has 0 aliphatic rings. The first-order valence-corrected chi connectivity index (χ1v) is 6.93. The van der Waals surface area contributed by atoms with Gasteiger partial charge in [0.1, 0.15) is 5.82 Å². The molecule has 0 fully saturated rings. The van der Waals surface area contributed by atoms with Crippen LogP contribution in [0.4, 0.5) is 4.39 Å². The van der Waals surface area contributed by atoms with Gasteiger partial charge >= 0.3 is 0 Å². The Kier molecular flexibility index (Phi) is 9.01. The van der Waals surface area contributed by atoms with Crippen LogP contribution in [-0.4, -0.2) is 24.4 Å². The van der Waals surface area contributed by atoms with Crippen LogP contribution in [0.25, 0.3) is 0 Å². The number of benzene rings is 1. The Morgan fingerprint density at radius 1 is 1.32 bits per heavy atom. The molecule has 124 valence electrons. The molecule has 0 saturated carbocycles. The van der Waals surface area contributed by atoms with Gasteiger partial charge in [0.2, 0.25) is 11.8 Å². The Balaban J connectivity index is 0.00000441. The lowest BCUT2D eigenvalue weighted by Gasteiger charge is -2.15. The zero-order valence-corrected chi connectivity index (χ0v) is 13.9. The first-order valence-electron chi connectivity index (χ1n) is 6.55. The summed E-state index contributed by atoms with van der Waals surface area (Å²) in [4.78, 5) is 23.2. The van der Waals surface area contributed by atoms with Crippen molar-refractivity contribution in [3.05, 3.63) is 34.6 Å². The van der Waals surface area contributed by atoms with Gasteiger partial charge in [0.05, 0.1) is 12.6 Å². The molecular formula is C14H20Cl2FN3O2. The minimum absolute atomic E-state index is 0. The van der Waals surface area contributed by atoms with Crippen molar-refractivity contribution in [2.75, 3.05) is 6.54 Å². The van der Waals surface area contributed by atoms with Gasteiger partial charge in [-0.1, -0.05) is 31.5 Å². The van der Waals surface area contributed by atoms with Gasteiger partial charge in [0, 0.05) is 17.1 Å². The number of amides is 2. The van der Waals surface area contributed by atoms with Crippen LogP contribution in [0.3, 0.4) is 0 Å². The first-order chi connectivity index (χ1) is 9.82. The van der Waals surface area contributed by atoms with Crippen LogP contribution in [-0.2, 0) is 16.1 Å². The Morgan fingerprint density at radius 3 is 2.50 bits per heavy atom. The highest BCUT2D eigenvalue weighted by Crippen LogP contribution is 2.18. The van der Waals surface area contributed by atoms with E-state index in [0.717, 1.165) is 0 Å². The third-order valence-corrected chi connectivity index (χ3v) is 3.32. The van der Waals surface area contributed by atoms with E-state index in [1.54, 1.807) is 0 Å². The second-order valence-corrected chi connectivity index (χ2v) is 5.37. The number of hydrogen-bond donors (Lipinski definition) is 3. The number of halogens is 3. The summed E-state index contributed by atoms with van der Waals surface area (Å²) in [6.07, 6.45) is 0. The van der Waals surface area contributed by atoms with Gasteiger partial charge in [-0.2, -0.15) is 0 Å². The van der Waals surface area contributed by atoms with Crippen LogP contribution in [0.15, 0.2) is 18.2 Å². The van der Waals surface area contributed by atoms with E-state index >= 15 is 0 Å². The van der Waals surface area contributed by atoms with Gasteiger partial charge in [-0.15, -0.1) is 12.4 Å².